The zero-order chi connectivity index (χ0) is 6.04. The minimum absolute atomic E-state index is 1.10. The van der Waals surface area contributed by atoms with E-state index >= 15 is 0 Å². The highest BCUT2D eigenvalue weighted by Crippen LogP contribution is 2.14. The summed E-state index contributed by atoms with van der Waals surface area (Å²) in [6.45, 7) is 0. The third-order valence-electron chi connectivity index (χ3n) is 0.951. The van der Waals surface area contributed by atoms with Gasteiger partial charge >= 0.3 is 0 Å². The SMILES string of the molecule is COC1(F)C=CN=C1. The standard InChI is InChI=1S/C5H6FNO/c1-8-5(6)2-3-7-4-5/h2-4H,1H3. The lowest BCUT2D eigenvalue weighted by Crippen LogP contribution is -2.21. The molecule has 0 N–H and O–H groups in total. The summed E-state index contributed by atoms with van der Waals surface area (Å²) in [5.41, 5.74) is 0. The molecule has 1 aliphatic heterocycles. The first-order valence-corrected chi connectivity index (χ1v) is 2.23. The van der Waals surface area contributed by atoms with E-state index in [1.165, 1.54) is 19.4 Å². The first-order chi connectivity index (χ1) is 3.77. The molecule has 0 bridgehead atoms. The van der Waals surface area contributed by atoms with E-state index in [0.29, 0.717) is 0 Å². The lowest BCUT2D eigenvalue weighted by Gasteiger charge is -2.08. The smallest absolute Gasteiger partial charge is 0.266 e. The van der Waals surface area contributed by atoms with Gasteiger partial charge in [0.2, 0.25) is 0 Å². The monoisotopic (exact) mass is 115 g/mol. The Morgan fingerprint density at radius 3 is 2.75 bits per heavy atom. The fraction of sp³-hybridized carbons (Fsp3) is 0.400. The molecule has 0 spiro atoms. The van der Waals surface area contributed by atoms with Gasteiger partial charge in [-0.15, -0.1) is 0 Å². The summed E-state index contributed by atoms with van der Waals surface area (Å²) >= 11 is 0. The van der Waals surface area contributed by atoms with Crippen molar-refractivity contribution in [1.29, 1.82) is 0 Å². The Morgan fingerprint density at radius 1 is 1.75 bits per heavy atom. The van der Waals surface area contributed by atoms with Crippen molar-refractivity contribution in [2.75, 3.05) is 7.11 Å². The van der Waals surface area contributed by atoms with Crippen molar-refractivity contribution in [1.82, 2.24) is 0 Å². The van der Waals surface area contributed by atoms with Crippen LogP contribution in [0, 0.1) is 0 Å². The first kappa shape index (κ1) is 5.44. The fourth-order valence-electron chi connectivity index (χ4n) is 0.453. The molecule has 1 heterocycles. The third-order valence-corrected chi connectivity index (χ3v) is 0.951. The lowest BCUT2D eigenvalue weighted by atomic mass is 10.4. The minimum atomic E-state index is -1.74. The van der Waals surface area contributed by atoms with Crippen LogP contribution in [0.4, 0.5) is 4.39 Å². The second-order valence-corrected chi connectivity index (χ2v) is 1.50. The highest BCUT2D eigenvalue weighted by atomic mass is 19.2. The van der Waals surface area contributed by atoms with Crippen molar-refractivity contribution >= 4 is 6.21 Å². The van der Waals surface area contributed by atoms with Gasteiger partial charge in [-0.1, -0.05) is 0 Å². The summed E-state index contributed by atoms with van der Waals surface area (Å²) in [6, 6.07) is 0. The fourth-order valence-corrected chi connectivity index (χ4v) is 0.453. The minimum Gasteiger partial charge on any atom is -0.342 e. The molecule has 1 atom stereocenters. The molecule has 2 nitrogen and oxygen atoms in total. The molecule has 0 aromatic rings. The van der Waals surface area contributed by atoms with Crippen molar-refractivity contribution in [2.24, 2.45) is 4.99 Å². The molecule has 3 heteroatoms. The number of nitrogens with zero attached hydrogens (tertiary/aromatic N) is 1. The normalized spacial score (nSPS) is 34.2. The van der Waals surface area contributed by atoms with Gasteiger partial charge in [0.25, 0.3) is 5.85 Å². The summed E-state index contributed by atoms with van der Waals surface area (Å²) in [5.74, 6) is -1.74. The van der Waals surface area contributed by atoms with Crippen molar-refractivity contribution in [3.05, 3.63) is 12.3 Å². The van der Waals surface area contributed by atoms with Gasteiger partial charge in [0.1, 0.15) is 0 Å². The Kier molecular flexibility index (Phi) is 1.13. The van der Waals surface area contributed by atoms with Crippen molar-refractivity contribution in [2.45, 2.75) is 5.85 Å². The van der Waals surface area contributed by atoms with E-state index in [9.17, 15) is 4.39 Å². The van der Waals surface area contributed by atoms with E-state index in [1.54, 1.807) is 0 Å². The van der Waals surface area contributed by atoms with Crippen molar-refractivity contribution < 1.29 is 9.13 Å². The Hall–Kier alpha value is -0.700. The average Bonchev–Trinajstić information content (AvgIpc) is 2.17. The van der Waals surface area contributed by atoms with E-state index in [0.717, 1.165) is 6.21 Å². The summed E-state index contributed by atoms with van der Waals surface area (Å²) in [6.07, 6.45) is 3.71. The van der Waals surface area contributed by atoms with Crippen LogP contribution in [0.15, 0.2) is 17.3 Å². The summed E-state index contributed by atoms with van der Waals surface area (Å²) < 4.78 is 17.0. The van der Waals surface area contributed by atoms with Gasteiger partial charge < -0.3 is 4.74 Å². The maximum Gasteiger partial charge on any atom is 0.266 e. The van der Waals surface area contributed by atoms with E-state index in [2.05, 4.69) is 9.73 Å². The molecule has 8 heavy (non-hydrogen) atoms. The van der Waals surface area contributed by atoms with Gasteiger partial charge in [0.05, 0.1) is 6.21 Å². The van der Waals surface area contributed by atoms with E-state index < -0.39 is 5.85 Å². The molecule has 0 saturated carbocycles. The second kappa shape index (κ2) is 1.67. The first-order valence-electron chi connectivity index (χ1n) is 2.23. The molecule has 44 valence electrons. The van der Waals surface area contributed by atoms with Gasteiger partial charge in [-0.2, -0.15) is 0 Å². The topological polar surface area (TPSA) is 21.6 Å². The van der Waals surface area contributed by atoms with Gasteiger partial charge in [0.15, 0.2) is 0 Å². The molecule has 0 fully saturated rings. The third kappa shape index (κ3) is 0.767. The van der Waals surface area contributed by atoms with Crippen molar-refractivity contribution in [3.8, 4) is 0 Å². The van der Waals surface area contributed by atoms with Crippen LogP contribution >= 0.6 is 0 Å². The zero-order valence-corrected chi connectivity index (χ0v) is 4.47. The number of ether oxygens (including phenoxy) is 1. The van der Waals surface area contributed by atoms with Gasteiger partial charge in [-0.3, -0.25) is 4.99 Å². The lowest BCUT2D eigenvalue weighted by molar-refractivity contribution is -0.0129. The Labute approximate surface area is 46.7 Å². The maximum absolute atomic E-state index is 12.6. The average molecular weight is 115 g/mol. The highest BCUT2D eigenvalue weighted by molar-refractivity contribution is 5.72. The van der Waals surface area contributed by atoms with Crippen LogP contribution in [0.2, 0.25) is 0 Å². The number of rotatable bonds is 1. The van der Waals surface area contributed by atoms with Crippen LogP contribution in [0.5, 0.6) is 0 Å². The Morgan fingerprint density at radius 2 is 2.50 bits per heavy atom. The van der Waals surface area contributed by atoms with Gasteiger partial charge in [0, 0.05) is 19.4 Å². The number of aliphatic imine (C=N–C) groups is 1. The number of alkyl halides is 1. The second-order valence-electron chi connectivity index (χ2n) is 1.50. The summed E-state index contributed by atoms with van der Waals surface area (Å²) in [7, 11) is 1.29. The number of hydrogen-bond donors (Lipinski definition) is 0. The molecule has 0 radical (unpaired) electrons. The molecule has 0 aliphatic carbocycles. The molecular formula is C5H6FNO. The van der Waals surface area contributed by atoms with Crippen LogP contribution in [0.3, 0.4) is 0 Å². The van der Waals surface area contributed by atoms with E-state index in [-0.39, 0.29) is 0 Å². The Bertz CT molecular complexity index is 129. The quantitative estimate of drug-likeness (QED) is 0.497. The highest BCUT2D eigenvalue weighted by Gasteiger charge is 2.24. The van der Waals surface area contributed by atoms with Gasteiger partial charge in [-0.05, 0) is 0 Å². The van der Waals surface area contributed by atoms with E-state index in [1.807, 2.05) is 0 Å². The van der Waals surface area contributed by atoms with E-state index in [4.69, 9.17) is 0 Å². The van der Waals surface area contributed by atoms with Crippen LogP contribution in [0.25, 0.3) is 0 Å². The summed E-state index contributed by atoms with van der Waals surface area (Å²) in [5, 5.41) is 0. The molecular weight excluding hydrogens is 109 g/mol. The molecule has 1 unspecified atom stereocenters. The molecule has 1 rings (SSSR count). The van der Waals surface area contributed by atoms with Crippen LogP contribution in [-0.4, -0.2) is 19.2 Å². The zero-order valence-electron chi connectivity index (χ0n) is 4.47. The van der Waals surface area contributed by atoms with Gasteiger partial charge in [-0.25, -0.2) is 4.39 Å². The molecule has 0 aromatic carbocycles. The van der Waals surface area contributed by atoms with Crippen LogP contribution in [0.1, 0.15) is 0 Å². The molecule has 1 aliphatic rings. The predicted octanol–water partition coefficient (Wildman–Crippen LogP) is 0.897. The van der Waals surface area contributed by atoms with Crippen LogP contribution in [-0.2, 0) is 4.74 Å². The molecule has 0 saturated heterocycles. The van der Waals surface area contributed by atoms with Crippen LogP contribution < -0.4 is 0 Å². The maximum atomic E-state index is 12.6. The van der Waals surface area contributed by atoms with Crippen molar-refractivity contribution in [3.63, 3.8) is 0 Å². The molecule has 0 amide bonds. The Balaban J connectivity index is 2.69. The molecule has 0 aromatic heterocycles. The summed E-state index contributed by atoms with van der Waals surface area (Å²) in [4.78, 5) is 3.50. The number of methoxy groups -OCH3 is 1. The predicted molar refractivity (Wildman–Crippen MR) is 28.5 cm³/mol. The largest absolute Gasteiger partial charge is 0.342 e. The number of hydrogen-bond acceptors (Lipinski definition) is 2. The number of halogens is 1.